The Labute approximate surface area is 275 Å². The number of aromatic nitrogens is 3. The number of ketones is 2. The quantitative estimate of drug-likeness (QED) is 0.273. The maximum absolute atomic E-state index is 15.1. The number of rotatable bonds is 5. The number of para-hydroxylation sites is 2. The Bertz CT molecular complexity index is 2280. The molecule has 0 radical (unpaired) electrons. The van der Waals surface area contributed by atoms with Crippen LogP contribution in [0.5, 0.6) is 11.5 Å². The first kappa shape index (κ1) is 29.4. The molecule has 0 bridgehead atoms. The van der Waals surface area contributed by atoms with Crippen LogP contribution >= 0.6 is 0 Å². The lowest BCUT2D eigenvalue weighted by atomic mass is 9.47. The molecule has 1 aliphatic heterocycles. The molecule has 1 aromatic heterocycles. The Kier molecular flexibility index (Phi) is 6.80. The summed E-state index contributed by atoms with van der Waals surface area (Å²) in [5, 5.41) is 11.7. The molecule has 0 unspecified atom stereocenters. The number of fused-ring (bicyclic) bond motifs is 4. The summed E-state index contributed by atoms with van der Waals surface area (Å²) in [5.41, 5.74) is 0.504. The third-order valence-corrected chi connectivity index (χ3v) is 10.2. The van der Waals surface area contributed by atoms with Crippen LogP contribution in [0.4, 0.5) is 0 Å². The van der Waals surface area contributed by atoms with E-state index in [0.717, 1.165) is 4.57 Å². The van der Waals surface area contributed by atoms with Crippen LogP contribution in [0.15, 0.2) is 137 Å². The van der Waals surface area contributed by atoms with Crippen LogP contribution in [0.1, 0.15) is 35.1 Å². The average molecular weight is 638 g/mol. The Morgan fingerprint density at radius 1 is 0.792 bits per heavy atom. The van der Waals surface area contributed by atoms with E-state index in [-0.39, 0.29) is 36.0 Å². The Hall–Kier alpha value is -5.96. The zero-order chi connectivity index (χ0) is 33.2. The molecule has 8 rings (SSSR count). The van der Waals surface area contributed by atoms with Crippen LogP contribution in [0, 0.1) is 5.92 Å². The summed E-state index contributed by atoms with van der Waals surface area (Å²) in [5.74, 6) is -2.31. The number of hydrogen-bond acceptors (Lipinski definition) is 6. The molecule has 0 amide bonds. The predicted octanol–water partition coefficient (Wildman–Crippen LogP) is 4.97. The molecule has 9 nitrogen and oxygen atoms in total. The van der Waals surface area contributed by atoms with E-state index >= 15 is 4.79 Å². The van der Waals surface area contributed by atoms with Gasteiger partial charge in [-0.3, -0.25) is 9.59 Å². The van der Waals surface area contributed by atoms with Gasteiger partial charge in [0.2, 0.25) is 0 Å². The van der Waals surface area contributed by atoms with Crippen molar-refractivity contribution in [3.63, 3.8) is 0 Å². The third-order valence-electron chi connectivity index (χ3n) is 10.2. The SMILES string of the molecule is COc1cccc([C@H]2C3=CCn4c(=O)n(-c5ccccc5)c(=O)n4[C@@H]3C[C@H]3C(=O)C(c4ccccc4)=CC(=O)[C@@]23c2ccccc2)c1O. The minimum absolute atomic E-state index is 0.0593. The molecule has 1 saturated carbocycles. The fourth-order valence-electron chi connectivity index (χ4n) is 8.22. The number of hydrogen-bond donors (Lipinski definition) is 1. The van der Waals surface area contributed by atoms with Crippen LogP contribution in [0.3, 0.4) is 0 Å². The van der Waals surface area contributed by atoms with Gasteiger partial charge in [0, 0.05) is 23.0 Å². The molecular formula is C39H31N3O6. The van der Waals surface area contributed by atoms with Gasteiger partial charge in [-0.1, -0.05) is 97.1 Å². The number of benzene rings is 4. The Balaban J connectivity index is 1.44. The number of carbonyl (C=O) groups is 2. The first-order valence-electron chi connectivity index (χ1n) is 15.8. The molecule has 2 aliphatic carbocycles. The molecule has 2 heterocycles. The molecule has 48 heavy (non-hydrogen) atoms. The van der Waals surface area contributed by atoms with Gasteiger partial charge in [0.25, 0.3) is 0 Å². The summed E-state index contributed by atoms with van der Waals surface area (Å²) in [6, 6.07) is 31.3. The molecule has 9 heteroatoms. The van der Waals surface area contributed by atoms with Crippen LogP contribution in [-0.2, 0) is 21.5 Å². The van der Waals surface area contributed by atoms with Crippen LogP contribution in [-0.4, -0.2) is 37.7 Å². The molecule has 5 aromatic rings. The zero-order valence-electron chi connectivity index (χ0n) is 26.0. The number of phenols is 1. The van der Waals surface area contributed by atoms with E-state index in [4.69, 9.17) is 4.74 Å². The van der Waals surface area contributed by atoms with Crippen molar-refractivity contribution in [2.75, 3.05) is 7.11 Å². The summed E-state index contributed by atoms with van der Waals surface area (Å²) in [6.45, 7) is 0.0593. The van der Waals surface area contributed by atoms with Gasteiger partial charge >= 0.3 is 11.4 Å². The van der Waals surface area contributed by atoms with Crippen molar-refractivity contribution in [1.82, 2.24) is 13.9 Å². The van der Waals surface area contributed by atoms with E-state index in [2.05, 4.69) is 0 Å². The second-order valence-electron chi connectivity index (χ2n) is 12.4. The minimum atomic E-state index is -1.48. The van der Waals surface area contributed by atoms with Gasteiger partial charge in [0.05, 0.1) is 30.8 Å². The van der Waals surface area contributed by atoms with Gasteiger partial charge in [-0.2, -0.15) is 0 Å². The molecule has 0 saturated heterocycles. The number of nitrogens with zero attached hydrogens (tertiary/aromatic N) is 3. The molecule has 1 fully saturated rings. The van der Waals surface area contributed by atoms with Gasteiger partial charge < -0.3 is 9.84 Å². The largest absolute Gasteiger partial charge is 0.504 e. The minimum Gasteiger partial charge on any atom is -0.504 e. The molecule has 0 spiro atoms. The zero-order valence-corrected chi connectivity index (χ0v) is 26.0. The van der Waals surface area contributed by atoms with E-state index in [0.29, 0.717) is 33.5 Å². The van der Waals surface area contributed by atoms with E-state index in [1.807, 2.05) is 54.6 Å². The molecule has 1 N–H and O–H groups in total. The smallest absolute Gasteiger partial charge is 0.352 e. The summed E-state index contributed by atoms with van der Waals surface area (Å²) >= 11 is 0. The highest BCUT2D eigenvalue weighted by Crippen LogP contribution is 2.62. The number of methoxy groups -OCH3 is 1. The van der Waals surface area contributed by atoms with Crippen molar-refractivity contribution in [1.29, 1.82) is 0 Å². The predicted molar refractivity (Wildman–Crippen MR) is 179 cm³/mol. The van der Waals surface area contributed by atoms with E-state index in [1.165, 1.54) is 22.5 Å². The summed E-state index contributed by atoms with van der Waals surface area (Å²) in [7, 11) is 1.45. The Morgan fingerprint density at radius 2 is 1.46 bits per heavy atom. The lowest BCUT2D eigenvalue weighted by molar-refractivity contribution is -0.133. The van der Waals surface area contributed by atoms with E-state index in [9.17, 15) is 19.5 Å². The first-order valence-corrected chi connectivity index (χ1v) is 15.8. The van der Waals surface area contributed by atoms with E-state index < -0.39 is 34.7 Å². The summed E-state index contributed by atoms with van der Waals surface area (Å²) < 4.78 is 9.48. The van der Waals surface area contributed by atoms with Crippen molar-refractivity contribution < 1.29 is 19.4 Å². The summed E-state index contributed by atoms with van der Waals surface area (Å²) in [6.07, 6.45) is 3.40. The van der Waals surface area contributed by atoms with Gasteiger partial charge in [-0.05, 0) is 47.4 Å². The van der Waals surface area contributed by atoms with Crippen molar-refractivity contribution in [2.24, 2.45) is 5.92 Å². The highest BCUT2D eigenvalue weighted by atomic mass is 16.5. The third kappa shape index (κ3) is 4.03. The highest BCUT2D eigenvalue weighted by Gasteiger charge is 2.63. The fraction of sp³-hybridized carbons (Fsp3) is 0.179. The molecule has 4 atom stereocenters. The molecule has 3 aliphatic rings. The number of aromatic hydroxyl groups is 1. The van der Waals surface area contributed by atoms with Crippen molar-refractivity contribution >= 4 is 17.1 Å². The lowest BCUT2D eigenvalue weighted by Crippen LogP contribution is -2.58. The second-order valence-corrected chi connectivity index (χ2v) is 12.4. The van der Waals surface area contributed by atoms with Crippen LogP contribution < -0.4 is 16.1 Å². The summed E-state index contributed by atoms with van der Waals surface area (Å²) in [4.78, 5) is 58.1. The number of ether oxygens (including phenoxy) is 1. The van der Waals surface area contributed by atoms with Gasteiger partial charge in [-0.15, -0.1) is 0 Å². The van der Waals surface area contributed by atoms with E-state index in [1.54, 1.807) is 60.7 Å². The highest BCUT2D eigenvalue weighted by molar-refractivity contribution is 6.31. The van der Waals surface area contributed by atoms with Crippen molar-refractivity contribution in [2.45, 2.75) is 30.3 Å². The average Bonchev–Trinajstić information content (AvgIpc) is 3.39. The molecule has 4 aromatic carbocycles. The van der Waals surface area contributed by atoms with Crippen LogP contribution in [0.2, 0.25) is 0 Å². The number of Topliss-reactive ketones (excluding diaryl/α,β-unsaturated/α-hetero) is 1. The standard InChI is InChI=1S/C39H31N3O6/c1-48-32-19-11-18-28(36(32)45)34-27-20-21-40-37(46)41(26-16-9-4-10-17-26)38(47)42(40)31(27)23-30-35(44)29(24-12-5-2-6-13-24)22-33(43)39(30,34)25-14-7-3-8-15-25/h2-20,22,30-31,34,45H,21,23H2,1H3/t30-,31+,34+,39-/m0/s1. The second kappa shape index (κ2) is 11.1. The number of carbonyl (C=O) groups excluding carboxylic acids is 2. The van der Waals surface area contributed by atoms with Crippen molar-refractivity contribution in [3.8, 4) is 17.2 Å². The molecule has 238 valence electrons. The van der Waals surface area contributed by atoms with Crippen LogP contribution in [0.25, 0.3) is 11.3 Å². The number of allylic oxidation sites excluding steroid dienone is 4. The molecular weight excluding hydrogens is 606 g/mol. The van der Waals surface area contributed by atoms with Gasteiger partial charge in [0.15, 0.2) is 23.1 Å². The fourth-order valence-corrected chi connectivity index (χ4v) is 8.22. The van der Waals surface area contributed by atoms with Gasteiger partial charge in [0.1, 0.15) is 0 Å². The number of phenolic OH excluding ortho intramolecular Hbond substituents is 1. The first-order chi connectivity index (χ1) is 23.4. The van der Waals surface area contributed by atoms with Gasteiger partial charge in [-0.25, -0.2) is 23.5 Å². The topological polar surface area (TPSA) is 113 Å². The Morgan fingerprint density at radius 3 is 2.15 bits per heavy atom. The van der Waals surface area contributed by atoms with Crippen molar-refractivity contribution in [3.05, 3.63) is 165 Å². The maximum atomic E-state index is 15.1. The maximum Gasteiger partial charge on any atom is 0.352 e. The normalized spacial score (nSPS) is 23.0. The lowest BCUT2D eigenvalue weighted by Gasteiger charge is -2.54. The monoisotopic (exact) mass is 637 g/mol.